The van der Waals surface area contributed by atoms with Crippen LogP contribution in [-0.2, 0) is 9.59 Å². The van der Waals surface area contributed by atoms with E-state index in [2.05, 4.69) is 10.4 Å². The molecule has 0 aliphatic carbocycles. The maximum atomic E-state index is 12.6. The number of aliphatic carboxylic acids is 1. The van der Waals surface area contributed by atoms with Crippen LogP contribution in [-0.4, -0.2) is 33.3 Å². The molecule has 2 atom stereocenters. The quantitative estimate of drug-likeness (QED) is 0.781. The Kier molecular flexibility index (Phi) is 5.91. The lowest BCUT2D eigenvalue weighted by Crippen LogP contribution is -2.38. The molecule has 1 aromatic heterocycles. The lowest BCUT2D eigenvalue weighted by Gasteiger charge is -2.19. The van der Waals surface area contributed by atoms with Crippen LogP contribution in [0.3, 0.4) is 0 Å². The van der Waals surface area contributed by atoms with Crippen LogP contribution in [0.5, 0.6) is 0 Å². The van der Waals surface area contributed by atoms with E-state index in [0.29, 0.717) is 6.42 Å². The van der Waals surface area contributed by atoms with Gasteiger partial charge in [-0.05, 0) is 18.1 Å². The summed E-state index contributed by atoms with van der Waals surface area (Å²) in [4.78, 5) is 23.8. The van der Waals surface area contributed by atoms with E-state index in [1.54, 1.807) is 23.1 Å². The van der Waals surface area contributed by atoms with Crippen molar-refractivity contribution in [1.29, 1.82) is 0 Å². The van der Waals surface area contributed by atoms with Crippen molar-refractivity contribution in [2.24, 2.45) is 5.92 Å². The zero-order valence-electron chi connectivity index (χ0n) is 13.1. The summed E-state index contributed by atoms with van der Waals surface area (Å²) in [6, 6.07) is 10.4. The van der Waals surface area contributed by atoms with Crippen LogP contribution in [0.25, 0.3) is 0 Å². The monoisotopic (exact) mass is 315 g/mol. The first-order valence-electron chi connectivity index (χ1n) is 7.68. The van der Waals surface area contributed by atoms with Crippen molar-refractivity contribution in [3.63, 3.8) is 0 Å². The number of amides is 1. The van der Waals surface area contributed by atoms with Crippen LogP contribution in [0.2, 0.25) is 0 Å². The number of hydrogen-bond donors (Lipinski definition) is 2. The van der Waals surface area contributed by atoms with Crippen LogP contribution in [0.4, 0.5) is 0 Å². The van der Waals surface area contributed by atoms with E-state index >= 15 is 0 Å². The minimum atomic E-state index is -0.887. The summed E-state index contributed by atoms with van der Waals surface area (Å²) in [6.45, 7) is 2.04. The number of aromatic nitrogens is 2. The molecule has 0 spiro atoms. The Morgan fingerprint density at radius 3 is 2.57 bits per heavy atom. The van der Waals surface area contributed by atoms with Gasteiger partial charge in [-0.25, -0.2) is 0 Å². The smallest absolute Gasteiger partial charge is 0.308 e. The minimum absolute atomic E-state index is 0.118. The molecule has 0 saturated carbocycles. The molecule has 0 radical (unpaired) electrons. The average Bonchev–Trinajstić information content (AvgIpc) is 3.06. The number of nitrogens with one attached hydrogen (secondary N) is 1. The van der Waals surface area contributed by atoms with Gasteiger partial charge in [-0.3, -0.25) is 14.3 Å². The van der Waals surface area contributed by atoms with Gasteiger partial charge in [0.25, 0.3) is 0 Å². The fourth-order valence-electron chi connectivity index (χ4n) is 2.47. The maximum absolute atomic E-state index is 12.6. The molecule has 6 nitrogen and oxygen atoms in total. The van der Waals surface area contributed by atoms with E-state index in [9.17, 15) is 14.7 Å². The van der Waals surface area contributed by atoms with Crippen molar-refractivity contribution in [2.45, 2.75) is 25.8 Å². The molecule has 0 aliphatic heterocycles. The Labute approximate surface area is 135 Å². The molecule has 0 saturated heterocycles. The van der Waals surface area contributed by atoms with E-state index in [4.69, 9.17) is 0 Å². The van der Waals surface area contributed by atoms with Gasteiger partial charge in [-0.1, -0.05) is 43.7 Å². The Morgan fingerprint density at radius 1 is 1.26 bits per heavy atom. The normalized spacial score (nSPS) is 13.3. The standard InChI is InChI=1S/C17H21N3O3/c1-2-7-14(17(22)23)12-18-16(21)15(20-11-6-10-19-20)13-8-4-3-5-9-13/h3-6,8-11,14-15H,2,7,12H2,1H3,(H,18,21)(H,22,23). The van der Waals surface area contributed by atoms with Gasteiger partial charge in [-0.15, -0.1) is 0 Å². The first kappa shape index (κ1) is 16.7. The maximum Gasteiger partial charge on any atom is 0.308 e. The molecular weight excluding hydrogens is 294 g/mol. The number of nitrogens with zero attached hydrogens (tertiary/aromatic N) is 2. The van der Waals surface area contributed by atoms with E-state index in [0.717, 1.165) is 12.0 Å². The second kappa shape index (κ2) is 8.12. The molecule has 6 heteroatoms. The number of carbonyl (C=O) groups is 2. The number of carboxylic acid groups (broad SMARTS) is 1. The van der Waals surface area contributed by atoms with E-state index in [-0.39, 0.29) is 12.5 Å². The van der Waals surface area contributed by atoms with Gasteiger partial charge in [0.2, 0.25) is 5.91 Å². The molecule has 0 fully saturated rings. The first-order valence-corrected chi connectivity index (χ1v) is 7.68. The lowest BCUT2D eigenvalue weighted by molar-refractivity contribution is -0.142. The molecule has 2 aromatic rings. The summed E-state index contributed by atoms with van der Waals surface area (Å²) in [5.74, 6) is -1.72. The van der Waals surface area contributed by atoms with Crippen molar-refractivity contribution < 1.29 is 14.7 Å². The second-order valence-electron chi connectivity index (χ2n) is 5.37. The van der Waals surface area contributed by atoms with E-state index < -0.39 is 17.9 Å². The number of carbonyl (C=O) groups excluding carboxylic acids is 1. The van der Waals surface area contributed by atoms with E-state index in [1.165, 1.54) is 0 Å². The summed E-state index contributed by atoms with van der Waals surface area (Å²) in [5, 5.41) is 16.1. The second-order valence-corrected chi connectivity index (χ2v) is 5.37. The fraction of sp³-hybridized carbons (Fsp3) is 0.353. The minimum Gasteiger partial charge on any atom is -0.481 e. The van der Waals surface area contributed by atoms with Crippen LogP contribution >= 0.6 is 0 Å². The predicted octanol–water partition coefficient (Wildman–Crippen LogP) is 2.09. The third-order valence-electron chi connectivity index (χ3n) is 3.66. The number of rotatable bonds is 8. The van der Waals surface area contributed by atoms with Gasteiger partial charge in [0, 0.05) is 18.9 Å². The first-order chi connectivity index (χ1) is 11.1. The highest BCUT2D eigenvalue weighted by atomic mass is 16.4. The van der Waals surface area contributed by atoms with Crippen LogP contribution in [0.1, 0.15) is 31.4 Å². The van der Waals surface area contributed by atoms with Gasteiger partial charge in [0.15, 0.2) is 6.04 Å². The summed E-state index contributed by atoms with van der Waals surface area (Å²) >= 11 is 0. The Hall–Kier alpha value is -2.63. The van der Waals surface area contributed by atoms with E-state index in [1.807, 2.05) is 37.3 Å². The Balaban J connectivity index is 2.13. The third-order valence-corrected chi connectivity index (χ3v) is 3.66. The van der Waals surface area contributed by atoms with Crippen molar-refractivity contribution >= 4 is 11.9 Å². The summed E-state index contributed by atoms with van der Waals surface area (Å²) in [7, 11) is 0. The highest BCUT2D eigenvalue weighted by Crippen LogP contribution is 2.17. The Morgan fingerprint density at radius 2 is 2.00 bits per heavy atom. The molecule has 2 unspecified atom stereocenters. The molecule has 0 aliphatic rings. The van der Waals surface area contributed by atoms with Crippen LogP contribution in [0.15, 0.2) is 48.8 Å². The molecule has 122 valence electrons. The average molecular weight is 315 g/mol. The Bertz CT molecular complexity index is 626. The predicted molar refractivity (Wildman–Crippen MR) is 85.9 cm³/mol. The zero-order valence-corrected chi connectivity index (χ0v) is 13.1. The molecular formula is C17H21N3O3. The summed E-state index contributed by atoms with van der Waals surface area (Å²) < 4.78 is 1.57. The number of carboxylic acids is 1. The van der Waals surface area contributed by atoms with Crippen LogP contribution in [0, 0.1) is 5.92 Å². The fourth-order valence-corrected chi connectivity index (χ4v) is 2.47. The summed E-state index contributed by atoms with van der Waals surface area (Å²) in [5.41, 5.74) is 0.802. The van der Waals surface area contributed by atoms with Crippen molar-refractivity contribution in [3.05, 3.63) is 54.4 Å². The van der Waals surface area contributed by atoms with Gasteiger partial charge in [0.05, 0.1) is 5.92 Å². The molecule has 2 N–H and O–H groups in total. The van der Waals surface area contributed by atoms with Gasteiger partial charge >= 0.3 is 5.97 Å². The molecule has 1 heterocycles. The molecule has 0 bridgehead atoms. The third kappa shape index (κ3) is 4.42. The lowest BCUT2D eigenvalue weighted by atomic mass is 10.0. The zero-order chi connectivity index (χ0) is 16.7. The van der Waals surface area contributed by atoms with Gasteiger partial charge in [0.1, 0.15) is 0 Å². The SMILES string of the molecule is CCCC(CNC(=O)C(c1ccccc1)n1cccn1)C(=O)O. The molecule has 1 amide bonds. The topological polar surface area (TPSA) is 84.2 Å². The molecule has 1 aromatic carbocycles. The van der Waals surface area contributed by atoms with Gasteiger partial charge < -0.3 is 10.4 Å². The highest BCUT2D eigenvalue weighted by Gasteiger charge is 2.24. The van der Waals surface area contributed by atoms with Crippen molar-refractivity contribution in [3.8, 4) is 0 Å². The number of benzene rings is 1. The van der Waals surface area contributed by atoms with Crippen molar-refractivity contribution in [1.82, 2.24) is 15.1 Å². The highest BCUT2D eigenvalue weighted by molar-refractivity contribution is 5.84. The van der Waals surface area contributed by atoms with Crippen LogP contribution < -0.4 is 5.32 Å². The largest absolute Gasteiger partial charge is 0.481 e. The van der Waals surface area contributed by atoms with Crippen molar-refractivity contribution in [2.75, 3.05) is 6.54 Å². The van der Waals surface area contributed by atoms with Gasteiger partial charge in [-0.2, -0.15) is 5.10 Å². The molecule has 2 rings (SSSR count). The number of hydrogen-bond acceptors (Lipinski definition) is 3. The molecule has 23 heavy (non-hydrogen) atoms. The summed E-state index contributed by atoms with van der Waals surface area (Å²) in [6.07, 6.45) is 4.62.